The average Bonchev–Trinajstić information content (AvgIpc) is 3.02. The second-order valence-electron chi connectivity index (χ2n) is 6.53. The highest BCUT2D eigenvalue weighted by molar-refractivity contribution is 6.15. The zero-order chi connectivity index (χ0) is 19.5. The van der Waals surface area contributed by atoms with Crippen LogP contribution in [0, 0.1) is 0 Å². The molecule has 1 aliphatic carbocycles. The summed E-state index contributed by atoms with van der Waals surface area (Å²) in [4.78, 5) is 12.8. The van der Waals surface area contributed by atoms with Crippen LogP contribution in [-0.4, -0.2) is 20.0 Å². The molecule has 0 aromatic heterocycles. The van der Waals surface area contributed by atoms with Crippen LogP contribution < -0.4 is 14.2 Å². The van der Waals surface area contributed by atoms with Crippen molar-refractivity contribution in [2.45, 2.75) is 6.42 Å². The first-order valence-electron chi connectivity index (χ1n) is 9.01. The third-order valence-corrected chi connectivity index (χ3v) is 4.70. The van der Waals surface area contributed by atoms with Crippen molar-refractivity contribution in [1.82, 2.24) is 0 Å². The Kier molecular flexibility index (Phi) is 4.85. The van der Waals surface area contributed by atoms with Gasteiger partial charge in [-0.15, -0.1) is 0 Å². The van der Waals surface area contributed by atoms with Crippen LogP contribution in [-0.2, 0) is 6.42 Å². The molecule has 0 saturated carbocycles. The number of rotatable bonds is 5. The Hall–Kier alpha value is -3.53. The quantitative estimate of drug-likeness (QED) is 0.569. The van der Waals surface area contributed by atoms with Gasteiger partial charge in [-0.3, -0.25) is 4.79 Å². The number of hydrogen-bond donors (Lipinski definition) is 0. The molecule has 0 fully saturated rings. The van der Waals surface area contributed by atoms with Crippen molar-refractivity contribution in [1.29, 1.82) is 0 Å². The first-order chi connectivity index (χ1) is 13.7. The van der Waals surface area contributed by atoms with E-state index in [1.165, 1.54) is 0 Å². The van der Waals surface area contributed by atoms with E-state index in [9.17, 15) is 4.79 Å². The van der Waals surface area contributed by atoms with Crippen molar-refractivity contribution >= 4 is 11.9 Å². The van der Waals surface area contributed by atoms with Crippen molar-refractivity contribution in [2.75, 3.05) is 14.2 Å². The Balaban J connectivity index is 1.61. The lowest BCUT2D eigenvalue weighted by atomic mass is 10.1. The van der Waals surface area contributed by atoms with Gasteiger partial charge < -0.3 is 14.2 Å². The highest BCUT2D eigenvalue weighted by Gasteiger charge is 2.27. The predicted molar refractivity (Wildman–Crippen MR) is 109 cm³/mol. The highest BCUT2D eigenvalue weighted by atomic mass is 16.5. The molecule has 28 heavy (non-hydrogen) atoms. The fraction of sp³-hybridized carbons (Fsp3) is 0.125. The van der Waals surface area contributed by atoms with Crippen LogP contribution in [0.2, 0.25) is 0 Å². The molecule has 3 aromatic rings. The molecular formula is C24H20O4. The number of carbonyl (C=O) groups is 1. The average molecular weight is 372 g/mol. The molecule has 140 valence electrons. The van der Waals surface area contributed by atoms with Crippen molar-refractivity contribution in [3.8, 4) is 23.0 Å². The summed E-state index contributed by atoms with van der Waals surface area (Å²) in [6.07, 6.45) is 2.48. The third kappa shape index (κ3) is 3.49. The monoisotopic (exact) mass is 372 g/mol. The van der Waals surface area contributed by atoms with Crippen molar-refractivity contribution in [2.24, 2.45) is 0 Å². The summed E-state index contributed by atoms with van der Waals surface area (Å²) in [5.41, 5.74) is 3.27. The molecule has 0 amide bonds. The van der Waals surface area contributed by atoms with Gasteiger partial charge in [0.1, 0.15) is 11.5 Å². The smallest absolute Gasteiger partial charge is 0.189 e. The van der Waals surface area contributed by atoms with Gasteiger partial charge in [0.05, 0.1) is 14.2 Å². The number of Topliss-reactive ketones (excluding diaryl/α,β-unsaturated/α-hetero) is 1. The van der Waals surface area contributed by atoms with E-state index >= 15 is 0 Å². The fourth-order valence-electron chi connectivity index (χ4n) is 3.35. The minimum atomic E-state index is 0.0188. The first-order valence-corrected chi connectivity index (χ1v) is 9.01. The normalized spacial score (nSPS) is 14.1. The summed E-state index contributed by atoms with van der Waals surface area (Å²) in [6, 6.07) is 21.0. The Labute approximate surface area is 164 Å². The predicted octanol–water partition coefficient (Wildman–Crippen LogP) is 5.32. The molecule has 0 heterocycles. The molecule has 1 aliphatic rings. The molecule has 0 bridgehead atoms. The molecule has 0 radical (unpaired) electrons. The van der Waals surface area contributed by atoms with Crippen LogP contribution in [0.15, 0.2) is 72.3 Å². The summed E-state index contributed by atoms with van der Waals surface area (Å²) in [6.45, 7) is 0. The van der Waals surface area contributed by atoms with E-state index in [1.54, 1.807) is 20.3 Å². The zero-order valence-corrected chi connectivity index (χ0v) is 15.8. The number of methoxy groups -OCH3 is 2. The summed E-state index contributed by atoms with van der Waals surface area (Å²) in [7, 11) is 3.16. The van der Waals surface area contributed by atoms with E-state index in [0.29, 0.717) is 23.5 Å². The molecule has 4 heteroatoms. The van der Waals surface area contributed by atoms with E-state index in [-0.39, 0.29) is 5.78 Å². The van der Waals surface area contributed by atoms with Crippen molar-refractivity contribution in [3.63, 3.8) is 0 Å². The van der Waals surface area contributed by atoms with Gasteiger partial charge >= 0.3 is 0 Å². The highest BCUT2D eigenvalue weighted by Crippen LogP contribution is 2.37. The zero-order valence-electron chi connectivity index (χ0n) is 15.8. The summed E-state index contributed by atoms with van der Waals surface area (Å²) < 4.78 is 16.6. The SMILES string of the molecule is COc1cc2c(cc1OC)C(=O)/C(=C/c1cccc(Oc3ccccc3)c1)C2. The lowest BCUT2D eigenvalue weighted by Crippen LogP contribution is -1.97. The lowest BCUT2D eigenvalue weighted by molar-refractivity contribution is 0.104. The van der Waals surface area contributed by atoms with Gasteiger partial charge in [-0.1, -0.05) is 30.3 Å². The van der Waals surface area contributed by atoms with Crippen molar-refractivity contribution < 1.29 is 19.0 Å². The van der Waals surface area contributed by atoms with Gasteiger partial charge in [0.2, 0.25) is 0 Å². The number of ketones is 1. The van der Waals surface area contributed by atoms with Crippen LogP contribution in [0.1, 0.15) is 21.5 Å². The standard InChI is InChI=1S/C24H20O4/c1-26-22-14-17-13-18(24(25)21(17)15-23(22)27-2)11-16-7-6-10-20(12-16)28-19-8-4-3-5-9-19/h3-12,14-15H,13H2,1-2H3/b18-11+. The maximum absolute atomic E-state index is 12.8. The van der Waals surface area contributed by atoms with E-state index in [0.717, 1.165) is 28.2 Å². The number of carbonyl (C=O) groups excluding carboxylic acids is 1. The minimum Gasteiger partial charge on any atom is -0.493 e. The molecule has 4 rings (SSSR count). The molecule has 0 N–H and O–H groups in total. The third-order valence-electron chi connectivity index (χ3n) is 4.70. The largest absolute Gasteiger partial charge is 0.493 e. The van der Waals surface area contributed by atoms with E-state index < -0.39 is 0 Å². The first kappa shape index (κ1) is 17.9. The van der Waals surface area contributed by atoms with Gasteiger partial charge in [-0.2, -0.15) is 0 Å². The molecule has 0 saturated heterocycles. The number of hydrogen-bond acceptors (Lipinski definition) is 4. The van der Waals surface area contributed by atoms with Gasteiger partial charge in [0, 0.05) is 17.6 Å². The second kappa shape index (κ2) is 7.61. The summed E-state index contributed by atoms with van der Waals surface area (Å²) in [5.74, 6) is 2.72. The summed E-state index contributed by atoms with van der Waals surface area (Å²) in [5, 5.41) is 0. The number of ether oxygens (including phenoxy) is 3. The van der Waals surface area contributed by atoms with Gasteiger partial charge in [-0.25, -0.2) is 0 Å². The molecule has 4 nitrogen and oxygen atoms in total. The molecule has 0 aliphatic heterocycles. The number of para-hydroxylation sites is 1. The minimum absolute atomic E-state index is 0.0188. The van der Waals surface area contributed by atoms with Crippen LogP contribution in [0.25, 0.3) is 6.08 Å². The maximum Gasteiger partial charge on any atom is 0.189 e. The number of benzene rings is 3. The topological polar surface area (TPSA) is 44.8 Å². The second-order valence-corrected chi connectivity index (χ2v) is 6.53. The summed E-state index contributed by atoms with van der Waals surface area (Å²) >= 11 is 0. The van der Waals surface area contributed by atoms with E-state index in [4.69, 9.17) is 14.2 Å². The van der Waals surface area contributed by atoms with Crippen LogP contribution in [0.3, 0.4) is 0 Å². The van der Waals surface area contributed by atoms with Gasteiger partial charge in [0.25, 0.3) is 0 Å². The van der Waals surface area contributed by atoms with Gasteiger partial charge in [0.15, 0.2) is 17.3 Å². The lowest BCUT2D eigenvalue weighted by Gasteiger charge is -2.08. The molecule has 0 spiro atoms. The number of fused-ring (bicyclic) bond motifs is 1. The van der Waals surface area contributed by atoms with E-state index in [2.05, 4.69) is 0 Å². The van der Waals surface area contributed by atoms with Crippen LogP contribution in [0.4, 0.5) is 0 Å². The molecule has 0 unspecified atom stereocenters. The van der Waals surface area contributed by atoms with E-state index in [1.807, 2.05) is 66.7 Å². The molecule has 0 atom stereocenters. The fourth-order valence-corrected chi connectivity index (χ4v) is 3.35. The van der Waals surface area contributed by atoms with Crippen LogP contribution >= 0.6 is 0 Å². The molecule has 3 aromatic carbocycles. The van der Waals surface area contributed by atoms with Crippen molar-refractivity contribution in [3.05, 3.63) is 89.0 Å². The maximum atomic E-state index is 12.8. The van der Waals surface area contributed by atoms with Gasteiger partial charge in [-0.05, 0) is 53.6 Å². The van der Waals surface area contributed by atoms with Crippen LogP contribution in [0.5, 0.6) is 23.0 Å². The Morgan fingerprint density at radius 1 is 0.821 bits per heavy atom. The Morgan fingerprint density at radius 2 is 1.54 bits per heavy atom. The Morgan fingerprint density at radius 3 is 2.29 bits per heavy atom. The molecular weight excluding hydrogens is 352 g/mol. The Bertz CT molecular complexity index is 1050. The number of allylic oxidation sites excluding steroid dienone is 1.